The Morgan fingerprint density at radius 3 is 2.42 bits per heavy atom. The average molecular weight is 321 g/mol. The summed E-state index contributed by atoms with van der Waals surface area (Å²) in [5.74, 6) is -0.178. The molecule has 1 unspecified atom stereocenters. The highest BCUT2D eigenvalue weighted by atomic mass is 16.2. The third-order valence-electron chi connectivity index (χ3n) is 3.49. The van der Waals surface area contributed by atoms with E-state index in [-0.39, 0.29) is 11.9 Å². The van der Waals surface area contributed by atoms with Crippen molar-refractivity contribution in [3.8, 4) is 0 Å². The van der Waals surface area contributed by atoms with Crippen LogP contribution in [-0.4, -0.2) is 17.7 Å². The molecule has 0 aliphatic rings. The fraction of sp³-hybridized carbons (Fsp3) is 0.200. The Labute approximate surface area is 143 Å². The number of nitrogens with zero attached hydrogens (tertiary/aromatic N) is 1. The molecule has 0 aliphatic carbocycles. The van der Waals surface area contributed by atoms with Gasteiger partial charge in [-0.25, -0.2) is 5.43 Å². The molecule has 0 spiro atoms. The van der Waals surface area contributed by atoms with Gasteiger partial charge in [0, 0.05) is 5.69 Å². The van der Waals surface area contributed by atoms with E-state index in [1.165, 1.54) is 5.56 Å². The first-order chi connectivity index (χ1) is 11.5. The molecular formula is C20H23N3O. The number of carbonyl (C=O) groups is 1. The summed E-state index contributed by atoms with van der Waals surface area (Å²) < 4.78 is 0. The standard InChI is InChI=1S/C20H23N3O/c1-15-9-13-19(14-10-15)21-17(3)20(24)23-22-16(2)11-12-18-7-5-4-6-8-18/h4-14,17,21H,1-3H3,(H,23,24). The normalized spacial score (nSPS) is 12.9. The van der Waals surface area contributed by atoms with Crippen molar-refractivity contribution in [2.24, 2.45) is 5.10 Å². The molecule has 2 aromatic carbocycles. The molecule has 0 radical (unpaired) electrons. The monoisotopic (exact) mass is 321 g/mol. The van der Waals surface area contributed by atoms with Gasteiger partial charge in [0.1, 0.15) is 6.04 Å². The summed E-state index contributed by atoms with van der Waals surface area (Å²) in [6.07, 6.45) is 3.83. The lowest BCUT2D eigenvalue weighted by atomic mass is 10.2. The molecule has 0 aliphatic heterocycles. The van der Waals surface area contributed by atoms with Gasteiger partial charge < -0.3 is 5.32 Å². The molecule has 0 aromatic heterocycles. The van der Waals surface area contributed by atoms with E-state index < -0.39 is 0 Å². The second kappa shape index (κ2) is 8.67. The zero-order valence-corrected chi connectivity index (χ0v) is 14.3. The largest absolute Gasteiger partial charge is 0.374 e. The topological polar surface area (TPSA) is 53.5 Å². The highest BCUT2D eigenvalue weighted by Gasteiger charge is 2.11. The van der Waals surface area contributed by atoms with Gasteiger partial charge in [-0.1, -0.05) is 54.1 Å². The van der Waals surface area contributed by atoms with Crippen molar-refractivity contribution in [2.75, 3.05) is 5.32 Å². The number of amides is 1. The minimum absolute atomic E-state index is 0.178. The van der Waals surface area contributed by atoms with Gasteiger partial charge in [0.2, 0.25) is 0 Å². The molecule has 0 saturated heterocycles. The molecule has 4 heteroatoms. The lowest BCUT2D eigenvalue weighted by Crippen LogP contribution is -2.35. The fourth-order valence-electron chi connectivity index (χ4n) is 2.02. The third kappa shape index (κ3) is 5.72. The highest BCUT2D eigenvalue weighted by molar-refractivity contribution is 5.97. The predicted molar refractivity (Wildman–Crippen MR) is 101 cm³/mol. The molecule has 24 heavy (non-hydrogen) atoms. The molecule has 2 N–H and O–H groups in total. The van der Waals surface area contributed by atoms with Crippen LogP contribution >= 0.6 is 0 Å². The van der Waals surface area contributed by atoms with E-state index in [1.54, 1.807) is 6.92 Å². The van der Waals surface area contributed by atoms with Crippen LogP contribution < -0.4 is 10.7 Å². The van der Waals surface area contributed by atoms with Crippen LogP contribution in [0.4, 0.5) is 5.69 Å². The summed E-state index contributed by atoms with van der Waals surface area (Å²) in [4.78, 5) is 12.1. The Kier molecular flexibility index (Phi) is 6.32. The number of rotatable bonds is 6. The minimum atomic E-state index is -0.373. The molecule has 1 amide bonds. The Bertz CT molecular complexity index is 718. The first-order valence-corrected chi connectivity index (χ1v) is 7.95. The van der Waals surface area contributed by atoms with Crippen LogP contribution in [0.1, 0.15) is 25.0 Å². The summed E-state index contributed by atoms with van der Waals surface area (Å²) in [6, 6.07) is 17.5. The van der Waals surface area contributed by atoms with Crippen LogP contribution in [0.3, 0.4) is 0 Å². The van der Waals surface area contributed by atoms with Crippen LogP contribution in [0.25, 0.3) is 6.08 Å². The van der Waals surface area contributed by atoms with Gasteiger partial charge in [-0.3, -0.25) is 4.79 Å². The van der Waals surface area contributed by atoms with Crippen molar-refractivity contribution in [1.82, 2.24) is 5.43 Å². The molecule has 2 rings (SSSR count). The number of allylic oxidation sites excluding steroid dienone is 1. The molecule has 4 nitrogen and oxygen atoms in total. The molecule has 1 atom stereocenters. The van der Waals surface area contributed by atoms with Crippen LogP contribution in [0.2, 0.25) is 0 Å². The second-order valence-electron chi connectivity index (χ2n) is 5.71. The van der Waals surface area contributed by atoms with Gasteiger partial charge in [0.05, 0.1) is 5.71 Å². The Morgan fingerprint density at radius 2 is 1.75 bits per heavy atom. The lowest BCUT2D eigenvalue weighted by molar-refractivity contribution is -0.121. The summed E-state index contributed by atoms with van der Waals surface area (Å²) >= 11 is 0. The lowest BCUT2D eigenvalue weighted by Gasteiger charge is -2.13. The maximum Gasteiger partial charge on any atom is 0.262 e. The van der Waals surface area contributed by atoms with E-state index in [4.69, 9.17) is 0 Å². The molecular weight excluding hydrogens is 298 g/mol. The number of hydrogen-bond acceptors (Lipinski definition) is 3. The van der Waals surface area contributed by atoms with Crippen LogP contribution in [0.5, 0.6) is 0 Å². The molecule has 0 heterocycles. The first-order valence-electron chi connectivity index (χ1n) is 7.95. The number of anilines is 1. The number of hydrogen-bond donors (Lipinski definition) is 2. The summed E-state index contributed by atoms with van der Waals surface area (Å²) in [7, 11) is 0. The van der Waals surface area contributed by atoms with Crippen molar-refractivity contribution >= 4 is 23.4 Å². The number of hydrazone groups is 1. The van der Waals surface area contributed by atoms with Crippen molar-refractivity contribution in [2.45, 2.75) is 26.8 Å². The van der Waals surface area contributed by atoms with E-state index >= 15 is 0 Å². The average Bonchev–Trinajstić information content (AvgIpc) is 2.60. The zero-order valence-electron chi connectivity index (χ0n) is 14.3. The van der Waals surface area contributed by atoms with Crippen molar-refractivity contribution < 1.29 is 4.79 Å². The van der Waals surface area contributed by atoms with Crippen LogP contribution in [0, 0.1) is 6.92 Å². The van der Waals surface area contributed by atoms with Crippen LogP contribution in [0.15, 0.2) is 65.8 Å². The summed E-state index contributed by atoms with van der Waals surface area (Å²) in [6.45, 7) is 5.68. The minimum Gasteiger partial charge on any atom is -0.374 e. The maximum atomic E-state index is 12.1. The Hall–Kier alpha value is -2.88. The van der Waals surface area contributed by atoms with Gasteiger partial charge in [0.25, 0.3) is 5.91 Å². The van der Waals surface area contributed by atoms with E-state index in [0.29, 0.717) is 0 Å². The number of carbonyl (C=O) groups excluding carboxylic acids is 1. The van der Waals surface area contributed by atoms with E-state index in [2.05, 4.69) is 15.8 Å². The summed E-state index contributed by atoms with van der Waals surface area (Å²) in [5, 5.41) is 7.26. The zero-order chi connectivity index (χ0) is 17.4. The first kappa shape index (κ1) is 17.5. The van der Waals surface area contributed by atoms with Gasteiger partial charge in [-0.2, -0.15) is 5.10 Å². The third-order valence-corrected chi connectivity index (χ3v) is 3.49. The molecule has 0 bridgehead atoms. The van der Waals surface area contributed by atoms with E-state index in [1.807, 2.05) is 80.6 Å². The molecule has 0 fully saturated rings. The quantitative estimate of drug-likeness (QED) is 0.624. The van der Waals surface area contributed by atoms with Crippen molar-refractivity contribution in [3.63, 3.8) is 0 Å². The fourth-order valence-corrected chi connectivity index (χ4v) is 2.02. The Morgan fingerprint density at radius 1 is 1.08 bits per heavy atom. The van der Waals surface area contributed by atoms with Gasteiger partial charge >= 0.3 is 0 Å². The second-order valence-corrected chi connectivity index (χ2v) is 5.71. The van der Waals surface area contributed by atoms with E-state index in [9.17, 15) is 4.79 Å². The SMILES string of the molecule is CC(C=Cc1ccccc1)=NNC(=O)C(C)Nc1ccc(C)cc1. The number of benzene rings is 2. The number of aryl methyl sites for hydroxylation is 1. The van der Waals surface area contributed by atoms with Gasteiger partial charge in [-0.05, 0) is 44.5 Å². The predicted octanol–water partition coefficient (Wildman–Crippen LogP) is 4.00. The molecule has 124 valence electrons. The Balaban J connectivity index is 1.86. The summed E-state index contributed by atoms with van der Waals surface area (Å²) in [5.41, 5.74) is 6.50. The smallest absolute Gasteiger partial charge is 0.262 e. The van der Waals surface area contributed by atoms with Crippen molar-refractivity contribution in [1.29, 1.82) is 0 Å². The molecule has 2 aromatic rings. The number of nitrogens with one attached hydrogen (secondary N) is 2. The van der Waals surface area contributed by atoms with E-state index in [0.717, 1.165) is 17.0 Å². The highest BCUT2D eigenvalue weighted by Crippen LogP contribution is 2.10. The van der Waals surface area contributed by atoms with Crippen molar-refractivity contribution in [3.05, 3.63) is 71.8 Å². The maximum absolute atomic E-state index is 12.1. The molecule has 0 saturated carbocycles. The van der Waals surface area contributed by atoms with Crippen LogP contribution in [-0.2, 0) is 4.79 Å². The van der Waals surface area contributed by atoms with Gasteiger partial charge in [-0.15, -0.1) is 0 Å². The van der Waals surface area contributed by atoms with Gasteiger partial charge in [0.15, 0.2) is 0 Å².